The van der Waals surface area contributed by atoms with Crippen molar-refractivity contribution in [2.24, 2.45) is 5.92 Å². The number of ether oxygens (including phenoxy) is 1. The van der Waals surface area contributed by atoms with Crippen molar-refractivity contribution < 1.29 is 24.5 Å². The Kier molecular flexibility index (Phi) is 11.3. The first-order chi connectivity index (χ1) is 17.0. The molecule has 0 heterocycles. The summed E-state index contributed by atoms with van der Waals surface area (Å²) in [6.07, 6.45) is 8.18. The normalized spacial score (nSPS) is 22.5. The fraction of sp³-hybridized carbons (Fsp3) is 0.630. The predicted octanol–water partition coefficient (Wildman–Crippen LogP) is 3.81. The third-order valence-electron chi connectivity index (χ3n) is 6.95. The number of amides is 2. The third kappa shape index (κ3) is 7.67. The molecule has 0 aromatic heterocycles. The van der Waals surface area contributed by atoms with E-state index in [2.05, 4.69) is 34.8 Å². The fourth-order valence-corrected chi connectivity index (χ4v) is 5.54. The van der Waals surface area contributed by atoms with Gasteiger partial charge < -0.3 is 25.2 Å². The zero-order valence-corrected chi connectivity index (χ0v) is 22.8. The van der Waals surface area contributed by atoms with Crippen LogP contribution in [0.4, 0.5) is 0 Å². The van der Waals surface area contributed by atoms with Gasteiger partial charge in [-0.25, -0.2) is 0 Å². The number of rotatable bonds is 12. The van der Waals surface area contributed by atoms with Crippen LogP contribution in [0, 0.1) is 9.49 Å². The number of hydrogen-bond acceptors (Lipinski definition) is 5. The molecule has 3 N–H and O–H groups in total. The number of carbonyl (C=O) groups is 2. The third-order valence-corrected chi connectivity index (χ3v) is 7.85. The van der Waals surface area contributed by atoms with Crippen molar-refractivity contribution in [1.29, 1.82) is 0 Å². The lowest BCUT2D eigenvalue weighted by Crippen LogP contribution is -2.56. The molecule has 1 fully saturated rings. The van der Waals surface area contributed by atoms with E-state index >= 15 is 0 Å². The first-order valence-electron chi connectivity index (χ1n) is 13.0. The second kappa shape index (κ2) is 14.2. The zero-order valence-electron chi connectivity index (χ0n) is 20.6. The van der Waals surface area contributed by atoms with Crippen LogP contribution in [0.25, 0.3) is 0 Å². The van der Waals surface area contributed by atoms with Crippen molar-refractivity contribution in [3.63, 3.8) is 0 Å². The van der Waals surface area contributed by atoms with Gasteiger partial charge in [0, 0.05) is 31.0 Å². The van der Waals surface area contributed by atoms with E-state index in [4.69, 9.17) is 9.84 Å². The fourth-order valence-electron chi connectivity index (χ4n) is 5.02. The zero-order chi connectivity index (χ0) is 25.2. The molecular formula is C27H39IN2O5. The predicted molar refractivity (Wildman–Crippen MR) is 144 cm³/mol. The highest BCUT2D eigenvalue weighted by molar-refractivity contribution is 14.1. The van der Waals surface area contributed by atoms with Crippen LogP contribution in [-0.4, -0.2) is 64.9 Å². The van der Waals surface area contributed by atoms with Crippen molar-refractivity contribution in [2.75, 3.05) is 19.7 Å². The molecule has 0 aliphatic heterocycles. The SMILES string of the molecule is CCCCCCN(C(=O)C1CCCC1)C1CC(C(=O)NCCO)=CC(Oc2ccccc2I)C1O. The largest absolute Gasteiger partial charge is 0.482 e. The van der Waals surface area contributed by atoms with Gasteiger partial charge in [0.05, 0.1) is 16.2 Å². The molecule has 2 aliphatic rings. The Morgan fingerprint density at radius 3 is 2.60 bits per heavy atom. The molecule has 7 nitrogen and oxygen atoms in total. The summed E-state index contributed by atoms with van der Waals surface area (Å²) < 4.78 is 7.11. The second-order valence-electron chi connectivity index (χ2n) is 9.52. The van der Waals surface area contributed by atoms with Gasteiger partial charge >= 0.3 is 0 Å². The van der Waals surface area contributed by atoms with Crippen molar-refractivity contribution in [2.45, 2.75) is 83.0 Å². The molecular weight excluding hydrogens is 559 g/mol. The van der Waals surface area contributed by atoms with Crippen LogP contribution >= 0.6 is 22.6 Å². The highest BCUT2D eigenvalue weighted by Crippen LogP contribution is 2.33. The van der Waals surface area contributed by atoms with Crippen LogP contribution in [0.5, 0.6) is 5.75 Å². The minimum absolute atomic E-state index is 0.0135. The number of benzene rings is 1. The smallest absolute Gasteiger partial charge is 0.247 e. The van der Waals surface area contributed by atoms with Gasteiger partial charge in [-0.1, -0.05) is 51.2 Å². The van der Waals surface area contributed by atoms with Crippen molar-refractivity contribution in [3.8, 4) is 5.75 Å². The van der Waals surface area contributed by atoms with E-state index in [1.165, 1.54) is 0 Å². The average molecular weight is 599 g/mol. The van der Waals surface area contributed by atoms with Gasteiger partial charge in [-0.3, -0.25) is 9.59 Å². The minimum atomic E-state index is -0.961. The Bertz CT molecular complexity index is 871. The van der Waals surface area contributed by atoms with E-state index in [-0.39, 0.29) is 37.3 Å². The molecule has 35 heavy (non-hydrogen) atoms. The Morgan fingerprint density at radius 1 is 1.17 bits per heavy atom. The number of unbranched alkanes of at least 4 members (excludes halogenated alkanes) is 3. The molecule has 0 saturated heterocycles. The molecule has 0 spiro atoms. The lowest BCUT2D eigenvalue weighted by molar-refractivity contribution is -0.142. The highest BCUT2D eigenvalue weighted by Gasteiger charge is 2.42. The van der Waals surface area contributed by atoms with Crippen molar-refractivity contribution in [3.05, 3.63) is 39.5 Å². The van der Waals surface area contributed by atoms with Gasteiger partial charge in [0.1, 0.15) is 18.0 Å². The Balaban J connectivity index is 1.89. The number of aliphatic hydroxyl groups is 2. The molecule has 2 amide bonds. The number of para-hydroxylation sites is 1. The maximum Gasteiger partial charge on any atom is 0.247 e. The monoisotopic (exact) mass is 598 g/mol. The van der Waals surface area contributed by atoms with Crippen LogP contribution in [0.1, 0.15) is 64.7 Å². The van der Waals surface area contributed by atoms with E-state index in [1.807, 2.05) is 29.2 Å². The number of nitrogens with zero attached hydrogens (tertiary/aromatic N) is 1. The summed E-state index contributed by atoms with van der Waals surface area (Å²) in [7, 11) is 0. The first kappa shape index (κ1) is 27.9. The molecule has 3 unspecified atom stereocenters. The topological polar surface area (TPSA) is 99.1 Å². The van der Waals surface area contributed by atoms with Gasteiger partial charge in [-0.2, -0.15) is 0 Å². The van der Waals surface area contributed by atoms with E-state index < -0.39 is 18.2 Å². The lowest BCUT2D eigenvalue weighted by atomic mass is 9.87. The average Bonchev–Trinajstić information content (AvgIpc) is 3.40. The number of carbonyl (C=O) groups excluding carboxylic acids is 2. The van der Waals surface area contributed by atoms with E-state index in [1.54, 1.807) is 6.08 Å². The van der Waals surface area contributed by atoms with E-state index in [0.717, 1.165) is 54.9 Å². The van der Waals surface area contributed by atoms with Gasteiger partial charge in [0.25, 0.3) is 0 Å². The van der Waals surface area contributed by atoms with Gasteiger partial charge in [0.2, 0.25) is 11.8 Å². The minimum Gasteiger partial charge on any atom is -0.482 e. The molecule has 3 rings (SSSR count). The van der Waals surface area contributed by atoms with Gasteiger partial charge in [0.15, 0.2) is 0 Å². The Hall–Kier alpha value is -1.65. The standard InChI is InChI=1S/C27H39IN2O5/c1-2-3-4-9-15-30(27(34)19-10-5-6-11-19)22-17-20(26(33)29-14-16-31)18-24(25(22)32)35-23-13-8-7-12-21(23)28/h7-8,12-13,18-19,22,24-25,31-32H,2-6,9-11,14-17H2,1H3,(H,29,33). The maximum absolute atomic E-state index is 13.6. The highest BCUT2D eigenvalue weighted by atomic mass is 127. The molecule has 8 heteroatoms. The van der Waals surface area contributed by atoms with Crippen LogP contribution in [0.15, 0.2) is 35.9 Å². The van der Waals surface area contributed by atoms with Gasteiger partial charge in [-0.05, 0) is 60.1 Å². The summed E-state index contributed by atoms with van der Waals surface area (Å²) in [5, 5.41) is 23.4. The molecule has 0 bridgehead atoms. The van der Waals surface area contributed by atoms with Crippen LogP contribution in [0.3, 0.4) is 0 Å². The maximum atomic E-state index is 13.6. The molecule has 194 valence electrons. The van der Waals surface area contributed by atoms with E-state index in [0.29, 0.717) is 17.9 Å². The van der Waals surface area contributed by atoms with Crippen molar-refractivity contribution in [1.82, 2.24) is 10.2 Å². The summed E-state index contributed by atoms with van der Waals surface area (Å²) in [5.74, 6) is 0.404. The molecule has 0 radical (unpaired) electrons. The summed E-state index contributed by atoms with van der Waals surface area (Å²) >= 11 is 2.18. The van der Waals surface area contributed by atoms with E-state index in [9.17, 15) is 14.7 Å². The number of hydrogen-bond donors (Lipinski definition) is 3. The first-order valence-corrected chi connectivity index (χ1v) is 14.0. The summed E-state index contributed by atoms with van der Waals surface area (Å²) in [5.41, 5.74) is 0.475. The molecule has 1 aromatic carbocycles. The molecule has 1 aromatic rings. The molecule has 1 saturated carbocycles. The summed E-state index contributed by atoms with van der Waals surface area (Å²) in [6.45, 7) is 2.71. The number of nitrogens with one attached hydrogen (secondary N) is 1. The van der Waals surface area contributed by atoms with Crippen molar-refractivity contribution >= 4 is 34.4 Å². The van der Waals surface area contributed by atoms with Crippen LogP contribution in [-0.2, 0) is 9.59 Å². The van der Waals surface area contributed by atoms with Crippen LogP contribution < -0.4 is 10.1 Å². The Morgan fingerprint density at radius 2 is 1.91 bits per heavy atom. The van der Waals surface area contributed by atoms with Crippen LogP contribution in [0.2, 0.25) is 0 Å². The number of aliphatic hydroxyl groups excluding tert-OH is 2. The molecule has 3 atom stereocenters. The summed E-state index contributed by atoms with van der Waals surface area (Å²) in [6, 6.07) is 6.99. The quantitative estimate of drug-likeness (QED) is 0.251. The lowest BCUT2D eigenvalue weighted by Gasteiger charge is -2.41. The molecule has 2 aliphatic carbocycles. The number of halogens is 1. The second-order valence-corrected chi connectivity index (χ2v) is 10.7. The Labute approximate surface area is 222 Å². The summed E-state index contributed by atoms with van der Waals surface area (Å²) in [4.78, 5) is 28.4. The van der Waals surface area contributed by atoms with Gasteiger partial charge in [-0.15, -0.1) is 0 Å².